The summed E-state index contributed by atoms with van der Waals surface area (Å²) in [6.07, 6.45) is 0.274. The van der Waals surface area contributed by atoms with Gasteiger partial charge in [-0.15, -0.1) is 11.3 Å². The maximum atomic E-state index is 12.2. The number of amides is 1. The van der Waals surface area contributed by atoms with Gasteiger partial charge < -0.3 is 10.1 Å². The van der Waals surface area contributed by atoms with E-state index in [1.54, 1.807) is 11.3 Å². The first-order valence-electron chi connectivity index (χ1n) is 9.58. The smallest absolute Gasteiger partial charge is 0.226 e. The molecular formula is C24H22N2O2S. The van der Waals surface area contributed by atoms with Crippen LogP contribution < -0.4 is 10.1 Å². The molecule has 0 atom stereocenters. The third kappa shape index (κ3) is 4.81. The quantitative estimate of drug-likeness (QED) is 0.442. The molecule has 3 aromatic carbocycles. The zero-order valence-corrected chi connectivity index (χ0v) is 17.0. The molecule has 1 heterocycles. The van der Waals surface area contributed by atoms with Crippen LogP contribution in [0.4, 0.5) is 0 Å². The van der Waals surface area contributed by atoms with Crippen molar-refractivity contribution in [2.24, 2.45) is 0 Å². The molecule has 0 saturated carbocycles. The average molecular weight is 403 g/mol. The second kappa shape index (κ2) is 8.88. The Morgan fingerprint density at radius 2 is 1.83 bits per heavy atom. The Morgan fingerprint density at radius 3 is 2.69 bits per heavy atom. The Bertz CT molecular complexity index is 1110. The lowest BCUT2D eigenvalue weighted by Gasteiger charge is -2.10. The molecule has 0 radical (unpaired) electrons. The zero-order valence-electron chi connectivity index (χ0n) is 16.2. The highest BCUT2D eigenvalue weighted by Gasteiger charge is 2.09. The van der Waals surface area contributed by atoms with Gasteiger partial charge in [0.25, 0.3) is 0 Å². The van der Waals surface area contributed by atoms with Gasteiger partial charge in [-0.1, -0.05) is 66.2 Å². The summed E-state index contributed by atoms with van der Waals surface area (Å²) in [6, 6.07) is 22.3. The van der Waals surface area contributed by atoms with Crippen molar-refractivity contribution in [2.75, 3.05) is 13.2 Å². The van der Waals surface area contributed by atoms with Crippen LogP contribution in [0, 0.1) is 6.92 Å². The van der Waals surface area contributed by atoms with Gasteiger partial charge in [0.15, 0.2) is 0 Å². The molecule has 4 aromatic rings. The van der Waals surface area contributed by atoms with Crippen LogP contribution in [0.5, 0.6) is 5.75 Å². The number of aryl methyl sites for hydroxylation is 1. The standard InChI is InChI=1S/C24H22N2O2S/c1-17-9-11-19(12-10-17)24-26-20(16-29-24)15-23(27)25-13-14-28-22-8-4-6-18-5-2-3-7-21(18)22/h2-12,16H,13-15H2,1H3,(H,25,27). The molecule has 0 aliphatic heterocycles. The molecular weight excluding hydrogens is 380 g/mol. The van der Waals surface area contributed by atoms with Crippen LogP contribution in [0.15, 0.2) is 72.1 Å². The normalized spacial score (nSPS) is 10.8. The summed E-state index contributed by atoms with van der Waals surface area (Å²) in [6.45, 7) is 2.94. The Labute approximate surface area is 174 Å². The number of nitrogens with one attached hydrogen (secondary N) is 1. The number of nitrogens with zero attached hydrogens (tertiary/aromatic N) is 1. The third-order valence-electron chi connectivity index (χ3n) is 4.62. The van der Waals surface area contributed by atoms with Crippen LogP contribution in [-0.2, 0) is 11.2 Å². The van der Waals surface area contributed by atoms with Crippen molar-refractivity contribution in [1.29, 1.82) is 0 Å². The second-order valence-electron chi connectivity index (χ2n) is 6.86. The third-order valence-corrected chi connectivity index (χ3v) is 5.56. The van der Waals surface area contributed by atoms with Crippen LogP contribution in [0.1, 0.15) is 11.3 Å². The van der Waals surface area contributed by atoms with E-state index in [4.69, 9.17) is 4.74 Å². The van der Waals surface area contributed by atoms with E-state index in [1.165, 1.54) is 5.56 Å². The number of ether oxygens (including phenoxy) is 1. The summed E-state index contributed by atoms with van der Waals surface area (Å²) in [5.74, 6) is 0.784. The SMILES string of the molecule is Cc1ccc(-c2nc(CC(=O)NCCOc3cccc4ccccc34)cs2)cc1. The fraction of sp³-hybridized carbons (Fsp3) is 0.167. The maximum Gasteiger partial charge on any atom is 0.226 e. The first-order valence-corrected chi connectivity index (χ1v) is 10.5. The van der Waals surface area contributed by atoms with Gasteiger partial charge in [0.2, 0.25) is 5.91 Å². The summed E-state index contributed by atoms with van der Waals surface area (Å²) in [5.41, 5.74) is 3.09. The highest BCUT2D eigenvalue weighted by atomic mass is 32.1. The lowest BCUT2D eigenvalue weighted by Crippen LogP contribution is -2.29. The minimum absolute atomic E-state index is 0.0488. The summed E-state index contributed by atoms with van der Waals surface area (Å²) >= 11 is 1.56. The van der Waals surface area contributed by atoms with Crippen molar-refractivity contribution in [3.63, 3.8) is 0 Å². The number of aromatic nitrogens is 1. The van der Waals surface area contributed by atoms with Gasteiger partial charge in [-0.25, -0.2) is 4.98 Å². The van der Waals surface area contributed by atoms with Gasteiger partial charge in [-0.2, -0.15) is 0 Å². The molecule has 0 bridgehead atoms. The Morgan fingerprint density at radius 1 is 1.03 bits per heavy atom. The molecule has 0 unspecified atom stereocenters. The summed E-state index contributed by atoms with van der Waals surface area (Å²) in [5, 5.41) is 8.01. The molecule has 1 aromatic heterocycles. The molecule has 0 spiro atoms. The van der Waals surface area contributed by atoms with Crippen LogP contribution >= 0.6 is 11.3 Å². The van der Waals surface area contributed by atoms with Gasteiger partial charge in [0, 0.05) is 16.3 Å². The Kier molecular flexibility index (Phi) is 5.86. The molecule has 1 amide bonds. The second-order valence-corrected chi connectivity index (χ2v) is 7.72. The maximum absolute atomic E-state index is 12.2. The highest BCUT2D eigenvalue weighted by molar-refractivity contribution is 7.13. The van der Waals surface area contributed by atoms with E-state index in [1.807, 2.05) is 35.7 Å². The molecule has 0 fully saturated rings. The minimum Gasteiger partial charge on any atom is -0.491 e. The van der Waals surface area contributed by atoms with Crippen molar-refractivity contribution < 1.29 is 9.53 Å². The molecule has 1 N–H and O–H groups in total. The van der Waals surface area contributed by atoms with Crippen LogP contribution in [0.2, 0.25) is 0 Å². The molecule has 0 saturated heterocycles. The first-order chi connectivity index (χ1) is 14.2. The monoisotopic (exact) mass is 402 g/mol. The van der Waals surface area contributed by atoms with Crippen molar-refractivity contribution in [3.05, 3.63) is 83.4 Å². The van der Waals surface area contributed by atoms with E-state index in [0.29, 0.717) is 13.2 Å². The Balaban J connectivity index is 1.27. The number of carbonyl (C=O) groups excluding carboxylic acids is 1. The molecule has 5 heteroatoms. The molecule has 29 heavy (non-hydrogen) atoms. The largest absolute Gasteiger partial charge is 0.491 e. The molecule has 146 valence electrons. The number of carbonyl (C=O) groups is 1. The summed E-state index contributed by atoms with van der Waals surface area (Å²) < 4.78 is 5.86. The Hall–Kier alpha value is -3.18. The number of rotatable bonds is 7. The van der Waals surface area contributed by atoms with Gasteiger partial charge in [0.05, 0.1) is 18.7 Å². The number of fused-ring (bicyclic) bond motifs is 1. The zero-order chi connectivity index (χ0) is 20.1. The van der Waals surface area contributed by atoms with Crippen molar-refractivity contribution in [2.45, 2.75) is 13.3 Å². The van der Waals surface area contributed by atoms with Gasteiger partial charge in [0.1, 0.15) is 17.4 Å². The van der Waals surface area contributed by atoms with Crippen LogP contribution in [0.25, 0.3) is 21.3 Å². The fourth-order valence-electron chi connectivity index (χ4n) is 3.12. The van der Waals surface area contributed by atoms with Crippen LogP contribution in [0.3, 0.4) is 0 Å². The van der Waals surface area contributed by atoms with Gasteiger partial charge >= 0.3 is 0 Å². The molecule has 0 aliphatic rings. The van der Waals surface area contributed by atoms with Gasteiger partial charge in [-0.3, -0.25) is 4.79 Å². The number of thiazole rings is 1. The lowest BCUT2D eigenvalue weighted by atomic mass is 10.1. The van der Waals surface area contributed by atoms with Crippen LogP contribution in [-0.4, -0.2) is 24.0 Å². The average Bonchev–Trinajstić information content (AvgIpc) is 3.20. The topological polar surface area (TPSA) is 51.2 Å². The number of benzene rings is 3. The van der Waals surface area contributed by atoms with E-state index < -0.39 is 0 Å². The predicted octanol–water partition coefficient (Wildman–Crippen LogP) is 5.01. The lowest BCUT2D eigenvalue weighted by molar-refractivity contribution is -0.120. The highest BCUT2D eigenvalue weighted by Crippen LogP contribution is 2.25. The molecule has 4 nitrogen and oxygen atoms in total. The predicted molar refractivity (Wildman–Crippen MR) is 118 cm³/mol. The van der Waals surface area contributed by atoms with Gasteiger partial charge in [-0.05, 0) is 18.4 Å². The van der Waals surface area contributed by atoms with Crippen molar-refractivity contribution >= 4 is 28.0 Å². The van der Waals surface area contributed by atoms with E-state index in [0.717, 1.165) is 32.8 Å². The van der Waals surface area contributed by atoms with E-state index in [9.17, 15) is 4.79 Å². The number of hydrogen-bond acceptors (Lipinski definition) is 4. The van der Waals surface area contributed by atoms with E-state index in [2.05, 4.69) is 53.6 Å². The first kappa shape index (κ1) is 19.2. The van der Waals surface area contributed by atoms with E-state index >= 15 is 0 Å². The molecule has 4 rings (SSSR count). The molecule has 0 aliphatic carbocycles. The minimum atomic E-state index is -0.0488. The summed E-state index contributed by atoms with van der Waals surface area (Å²) in [4.78, 5) is 16.8. The van der Waals surface area contributed by atoms with Crippen molar-refractivity contribution in [3.8, 4) is 16.3 Å². The summed E-state index contributed by atoms with van der Waals surface area (Å²) in [7, 11) is 0. The van der Waals surface area contributed by atoms with E-state index in [-0.39, 0.29) is 12.3 Å². The van der Waals surface area contributed by atoms with Crippen molar-refractivity contribution in [1.82, 2.24) is 10.3 Å². The fourth-order valence-corrected chi connectivity index (χ4v) is 3.94. The number of hydrogen-bond donors (Lipinski definition) is 1.